The second kappa shape index (κ2) is 4.55. The van der Waals surface area contributed by atoms with Gasteiger partial charge in [0.15, 0.2) is 0 Å². The lowest BCUT2D eigenvalue weighted by atomic mass is 10.1. The van der Waals surface area contributed by atoms with Gasteiger partial charge < -0.3 is 10.6 Å². The van der Waals surface area contributed by atoms with Gasteiger partial charge in [0.2, 0.25) is 0 Å². The molecule has 0 fully saturated rings. The van der Waals surface area contributed by atoms with Crippen molar-refractivity contribution in [1.82, 2.24) is 9.88 Å². The molecule has 0 aliphatic carbocycles. The van der Waals surface area contributed by atoms with E-state index in [9.17, 15) is 4.79 Å². The number of nitrogen functional groups attached to an aromatic ring is 1. The molecule has 0 radical (unpaired) electrons. The topological polar surface area (TPSA) is 59.2 Å². The first-order valence-corrected chi connectivity index (χ1v) is 6.31. The van der Waals surface area contributed by atoms with Crippen molar-refractivity contribution in [3.05, 3.63) is 58.2 Å². The van der Waals surface area contributed by atoms with Crippen LogP contribution in [0.2, 0.25) is 5.02 Å². The molecule has 0 unspecified atom stereocenters. The molecule has 1 amide bonds. The molecule has 4 nitrogen and oxygen atoms in total. The van der Waals surface area contributed by atoms with Crippen LogP contribution in [0.4, 0.5) is 5.82 Å². The van der Waals surface area contributed by atoms with Crippen LogP contribution >= 0.6 is 11.6 Å². The number of hydrogen-bond donors (Lipinski definition) is 1. The number of aromatic nitrogens is 1. The molecule has 1 aliphatic heterocycles. The van der Waals surface area contributed by atoms with Crippen LogP contribution in [0.5, 0.6) is 0 Å². The Morgan fingerprint density at radius 2 is 1.79 bits per heavy atom. The van der Waals surface area contributed by atoms with E-state index in [1.807, 2.05) is 24.3 Å². The summed E-state index contributed by atoms with van der Waals surface area (Å²) < 4.78 is 0. The normalized spacial score (nSPS) is 13.4. The van der Waals surface area contributed by atoms with Crippen molar-refractivity contribution in [3.8, 4) is 0 Å². The summed E-state index contributed by atoms with van der Waals surface area (Å²) >= 11 is 6.02. The lowest BCUT2D eigenvalue weighted by Gasteiger charge is -2.15. The van der Waals surface area contributed by atoms with Crippen LogP contribution in [0, 0.1) is 0 Å². The maximum absolute atomic E-state index is 12.4. The fourth-order valence-corrected chi connectivity index (χ4v) is 2.42. The number of nitrogens with zero attached hydrogens (tertiary/aromatic N) is 2. The third kappa shape index (κ3) is 2.15. The van der Waals surface area contributed by atoms with E-state index < -0.39 is 0 Å². The summed E-state index contributed by atoms with van der Waals surface area (Å²) in [6, 6.07) is 11.2. The number of halogens is 1. The van der Waals surface area contributed by atoms with Crippen molar-refractivity contribution in [2.24, 2.45) is 0 Å². The fourth-order valence-electron chi connectivity index (χ4n) is 2.23. The molecule has 2 aromatic rings. The highest BCUT2D eigenvalue weighted by Gasteiger charge is 2.26. The molecule has 3 rings (SSSR count). The highest BCUT2D eigenvalue weighted by molar-refractivity contribution is 6.33. The Labute approximate surface area is 115 Å². The van der Waals surface area contributed by atoms with Crippen LogP contribution in [-0.4, -0.2) is 15.8 Å². The molecule has 0 saturated heterocycles. The van der Waals surface area contributed by atoms with E-state index in [4.69, 9.17) is 17.3 Å². The zero-order chi connectivity index (χ0) is 13.4. The van der Waals surface area contributed by atoms with Crippen molar-refractivity contribution in [2.75, 3.05) is 5.73 Å². The minimum absolute atomic E-state index is 0.187. The van der Waals surface area contributed by atoms with Gasteiger partial charge in [0.05, 0.1) is 5.02 Å². The summed E-state index contributed by atoms with van der Waals surface area (Å²) in [5.41, 5.74) is 8.15. The van der Waals surface area contributed by atoms with E-state index in [0.29, 0.717) is 23.9 Å². The van der Waals surface area contributed by atoms with Gasteiger partial charge in [-0.25, -0.2) is 4.98 Å². The quantitative estimate of drug-likeness (QED) is 0.868. The minimum atomic E-state index is -0.187. The standard InChI is InChI=1S/C14H12ClN3O/c15-11-5-6-12(16)17-13(11)14(19)18-7-9-3-1-2-4-10(9)8-18/h1-6H,7-8H2,(H2,16,17). The molecule has 1 aliphatic rings. The third-order valence-corrected chi connectivity index (χ3v) is 3.50. The zero-order valence-corrected chi connectivity index (χ0v) is 10.9. The molecular formula is C14H12ClN3O. The number of carbonyl (C=O) groups is 1. The highest BCUT2D eigenvalue weighted by atomic mass is 35.5. The van der Waals surface area contributed by atoms with Gasteiger partial charge in [0.25, 0.3) is 5.91 Å². The van der Waals surface area contributed by atoms with Crippen LogP contribution in [0.1, 0.15) is 21.6 Å². The summed E-state index contributed by atoms with van der Waals surface area (Å²) in [6.07, 6.45) is 0. The molecule has 96 valence electrons. The molecule has 0 atom stereocenters. The number of rotatable bonds is 1. The second-order valence-corrected chi connectivity index (χ2v) is 4.90. The molecule has 5 heteroatoms. The van der Waals surface area contributed by atoms with Gasteiger partial charge in [-0.2, -0.15) is 0 Å². The minimum Gasteiger partial charge on any atom is -0.384 e. The molecule has 0 spiro atoms. The first-order chi connectivity index (χ1) is 9.15. The van der Waals surface area contributed by atoms with Crippen molar-refractivity contribution in [1.29, 1.82) is 0 Å². The van der Waals surface area contributed by atoms with Crippen molar-refractivity contribution in [2.45, 2.75) is 13.1 Å². The van der Waals surface area contributed by atoms with E-state index in [2.05, 4.69) is 4.98 Å². The SMILES string of the molecule is Nc1ccc(Cl)c(C(=O)N2Cc3ccccc3C2)n1. The summed E-state index contributed by atoms with van der Waals surface area (Å²) in [6.45, 7) is 1.17. The maximum atomic E-state index is 12.4. The Morgan fingerprint density at radius 3 is 2.42 bits per heavy atom. The molecule has 19 heavy (non-hydrogen) atoms. The summed E-state index contributed by atoms with van der Waals surface area (Å²) in [5.74, 6) is 0.109. The largest absolute Gasteiger partial charge is 0.384 e. The molecule has 2 heterocycles. The van der Waals surface area contributed by atoms with Gasteiger partial charge in [0.1, 0.15) is 11.5 Å². The van der Waals surface area contributed by atoms with E-state index >= 15 is 0 Å². The summed E-state index contributed by atoms with van der Waals surface area (Å²) in [7, 11) is 0. The van der Waals surface area contributed by atoms with Gasteiger partial charge in [0, 0.05) is 13.1 Å². The Morgan fingerprint density at radius 1 is 1.16 bits per heavy atom. The van der Waals surface area contributed by atoms with E-state index in [1.165, 1.54) is 0 Å². The lowest BCUT2D eigenvalue weighted by molar-refractivity contribution is 0.0746. The predicted octanol–water partition coefficient (Wildman–Crippen LogP) is 2.47. The number of hydrogen-bond acceptors (Lipinski definition) is 3. The molecule has 2 N–H and O–H groups in total. The Bertz CT molecular complexity index is 632. The number of benzene rings is 1. The number of amides is 1. The molecular weight excluding hydrogens is 262 g/mol. The van der Waals surface area contributed by atoms with Crippen LogP contribution in [0.3, 0.4) is 0 Å². The van der Waals surface area contributed by atoms with Crippen LogP contribution in [-0.2, 0) is 13.1 Å². The number of anilines is 1. The molecule has 1 aromatic heterocycles. The molecule has 1 aromatic carbocycles. The molecule has 0 saturated carbocycles. The number of nitrogens with two attached hydrogens (primary N) is 1. The summed E-state index contributed by atoms with van der Waals surface area (Å²) in [5, 5.41) is 0.329. The number of carbonyl (C=O) groups excluding carboxylic acids is 1. The second-order valence-electron chi connectivity index (χ2n) is 4.50. The number of pyridine rings is 1. The van der Waals surface area contributed by atoms with Gasteiger partial charge >= 0.3 is 0 Å². The monoisotopic (exact) mass is 273 g/mol. The van der Waals surface area contributed by atoms with Crippen LogP contribution in [0.15, 0.2) is 36.4 Å². The van der Waals surface area contributed by atoms with E-state index in [-0.39, 0.29) is 11.6 Å². The van der Waals surface area contributed by atoms with E-state index in [1.54, 1.807) is 17.0 Å². The fraction of sp³-hybridized carbons (Fsp3) is 0.143. The van der Waals surface area contributed by atoms with Crippen LogP contribution < -0.4 is 5.73 Å². The Kier molecular flexibility index (Phi) is 2.87. The Balaban J connectivity index is 1.89. The smallest absolute Gasteiger partial charge is 0.274 e. The third-order valence-electron chi connectivity index (χ3n) is 3.20. The lowest BCUT2D eigenvalue weighted by Crippen LogP contribution is -2.26. The van der Waals surface area contributed by atoms with Crippen molar-refractivity contribution < 1.29 is 4.79 Å². The summed E-state index contributed by atoms with van der Waals surface area (Å²) in [4.78, 5) is 18.2. The van der Waals surface area contributed by atoms with Crippen LogP contribution in [0.25, 0.3) is 0 Å². The zero-order valence-electron chi connectivity index (χ0n) is 10.1. The first kappa shape index (κ1) is 12.0. The number of fused-ring (bicyclic) bond motifs is 1. The predicted molar refractivity (Wildman–Crippen MR) is 73.7 cm³/mol. The van der Waals surface area contributed by atoms with E-state index in [0.717, 1.165) is 11.1 Å². The average molecular weight is 274 g/mol. The Hall–Kier alpha value is -2.07. The van der Waals surface area contributed by atoms with Gasteiger partial charge in [-0.05, 0) is 23.3 Å². The molecule has 0 bridgehead atoms. The first-order valence-electron chi connectivity index (χ1n) is 5.93. The average Bonchev–Trinajstić information content (AvgIpc) is 2.84. The van der Waals surface area contributed by atoms with Gasteiger partial charge in [-0.3, -0.25) is 4.79 Å². The van der Waals surface area contributed by atoms with Crippen molar-refractivity contribution >= 4 is 23.3 Å². The van der Waals surface area contributed by atoms with Crippen molar-refractivity contribution in [3.63, 3.8) is 0 Å². The maximum Gasteiger partial charge on any atom is 0.274 e. The highest BCUT2D eigenvalue weighted by Crippen LogP contribution is 2.25. The van der Waals surface area contributed by atoms with Gasteiger partial charge in [-0.15, -0.1) is 0 Å². The van der Waals surface area contributed by atoms with Gasteiger partial charge in [-0.1, -0.05) is 35.9 Å².